The summed E-state index contributed by atoms with van der Waals surface area (Å²) in [5, 5.41) is 33.6. The van der Waals surface area contributed by atoms with Crippen molar-refractivity contribution in [3.05, 3.63) is 89.8 Å². The zero-order chi connectivity index (χ0) is 30.6. The predicted octanol–water partition coefficient (Wildman–Crippen LogP) is 3.68. The molecule has 2 heterocycles. The summed E-state index contributed by atoms with van der Waals surface area (Å²) in [5.41, 5.74) is 0.965. The van der Waals surface area contributed by atoms with Gasteiger partial charge in [0.2, 0.25) is 5.91 Å². The van der Waals surface area contributed by atoms with E-state index in [-0.39, 0.29) is 42.1 Å². The van der Waals surface area contributed by atoms with Crippen molar-refractivity contribution in [3.63, 3.8) is 0 Å². The molecule has 2 aromatic rings. The van der Waals surface area contributed by atoms with Crippen molar-refractivity contribution in [3.8, 4) is 0 Å². The summed E-state index contributed by atoms with van der Waals surface area (Å²) in [7, 11) is 0. The molecule has 0 unspecified atom stereocenters. The average Bonchev–Trinajstić information content (AvgIpc) is 3.27. The number of fused-ring (bicyclic) bond motifs is 1. The van der Waals surface area contributed by atoms with Gasteiger partial charge in [0, 0.05) is 36.1 Å². The van der Waals surface area contributed by atoms with Gasteiger partial charge in [0.1, 0.15) is 18.6 Å². The number of nitrogens with one attached hydrogen (secondary N) is 1. The number of nitro benzene ring substituents is 2. The number of β-lactam (4-membered cyclic amide) rings is 1. The van der Waals surface area contributed by atoms with Crippen LogP contribution < -0.4 is 5.32 Å². The van der Waals surface area contributed by atoms with Crippen LogP contribution in [0.3, 0.4) is 0 Å². The molecule has 2 aromatic carbocycles. The molecule has 1 fully saturated rings. The number of amides is 2. The largest absolute Gasteiger partial charge is 0.456 e. The number of benzene rings is 2. The molecule has 14 nitrogen and oxygen atoms in total. The molecular formula is C26H26N4O10S2. The maximum Gasteiger partial charge on any atom is 0.407 e. The first-order valence-corrected chi connectivity index (χ1v) is 14.3. The summed E-state index contributed by atoms with van der Waals surface area (Å²) in [6, 6.07) is 11.1. The van der Waals surface area contributed by atoms with Crippen LogP contribution in [0.25, 0.3) is 0 Å². The van der Waals surface area contributed by atoms with Crippen molar-refractivity contribution in [2.75, 3.05) is 6.54 Å². The molecule has 0 spiro atoms. The van der Waals surface area contributed by atoms with Crippen molar-refractivity contribution in [2.45, 2.75) is 43.8 Å². The molecule has 0 aromatic heterocycles. The minimum atomic E-state index is -0.919. The molecule has 4 atom stereocenters. The first kappa shape index (κ1) is 30.8. The second-order valence-corrected chi connectivity index (χ2v) is 12.3. The standard InChI is InChI=1S/C26H26N4O10S2/c1-14(11-27-26(34)40-13-17-5-9-19(10-6-17)30(37)38)41-25-21(28-22(32)20(15(2)31)23(28)42-25)24(33)39-12-16-3-7-18(8-4-16)29(35)36/h3-10,14-15,20,23,31H,11-13H2,1-2H3,(H,27,34)/t14-,15-,20+,23-/m1/s1. The van der Waals surface area contributed by atoms with Crippen LogP contribution in [0.2, 0.25) is 0 Å². The average molecular weight is 619 g/mol. The smallest absolute Gasteiger partial charge is 0.407 e. The highest BCUT2D eigenvalue weighted by Crippen LogP contribution is 2.54. The highest BCUT2D eigenvalue weighted by atomic mass is 32.2. The van der Waals surface area contributed by atoms with E-state index in [2.05, 4.69) is 5.32 Å². The summed E-state index contributed by atoms with van der Waals surface area (Å²) in [5.74, 6) is -1.85. The summed E-state index contributed by atoms with van der Waals surface area (Å²) < 4.78 is 11.1. The fraction of sp³-hybridized carbons (Fsp3) is 0.346. The van der Waals surface area contributed by atoms with Gasteiger partial charge in [-0.25, -0.2) is 9.59 Å². The van der Waals surface area contributed by atoms with Gasteiger partial charge < -0.3 is 19.9 Å². The topological polar surface area (TPSA) is 191 Å². The first-order chi connectivity index (χ1) is 20.0. The molecule has 4 rings (SSSR count). The quantitative estimate of drug-likeness (QED) is 0.152. The molecule has 2 aliphatic heterocycles. The molecule has 222 valence electrons. The van der Waals surface area contributed by atoms with Crippen LogP contribution in [0.4, 0.5) is 16.2 Å². The van der Waals surface area contributed by atoms with Crippen molar-refractivity contribution in [2.24, 2.45) is 5.92 Å². The number of carbonyl (C=O) groups excluding carboxylic acids is 3. The molecule has 42 heavy (non-hydrogen) atoms. The lowest BCUT2D eigenvalue weighted by atomic mass is 9.92. The summed E-state index contributed by atoms with van der Waals surface area (Å²) in [6.07, 6.45) is -1.62. The zero-order valence-corrected chi connectivity index (χ0v) is 24.0. The fourth-order valence-corrected chi connectivity index (χ4v) is 7.27. The lowest BCUT2D eigenvalue weighted by Gasteiger charge is -2.43. The zero-order valence-electron chi connectivity index (χ0n) is 22.3. The van der Waals surface area contributed by atoms with Crippen molar-refractivity contribution in [1.82, 2.24) is 10.2 Å². The second kappa shape index (κ2) is 13.2. The number of hydrogen-bond donors (Lipinski definition) is 2. The minimum Gasteiger partial charge on any atom is -0.456 e. The van der Waals surface area contributed by atoms with Gasteiger partial charge >= 0.3 is 12.1 Å². The van der Waals surface area contributed by atoms with E-state index in [0.29, 0.717) is 15.4 Å². The third-order valence-electron chi connectivity index (χ3n) is 6.34. The van der Waals surface area contributed by atoms with Crippen molar-refractivity contribution < 1.29 is 38.8 Å². The van der Waals surface area contributed by atoms with E-state index in [1.807, 2.05) is 0 Å². The highest BCUT2D eigenvalue weighted by molar-refractivity contribution is 8.23. The van der Waals surface area contributed by atoms with Crippen molar-refractivity contribution >= 4 is 52.9 Å². The Labute approximate surface area is 247 Å². The number of thioether (sulfide) groups is 2. The first-order valence-electron chi connectivity index (χ1n) is 12.6. The highest BCUT2D eigenvalue weighted by Gasteiger charge is 2.58. The van der Waals surface area contributed by atoms with E-state index in [9.17, 15) is 39.7 Å². The maximum absolute atomic E-state index is 13.1. The van der Waals surface area contributed by atoms with Crippen LogP contribution in [0.5, 0.6) is 0 Å². The molecular weight excluding hydrogens is 592 g/mol. The van der Waals surface area contributed by atoms with E-state index >= 15 is 0 Å². The van der Waals surface area contributed by atoms with Gasteiger partial charge in [0.15, 0.2) is 5.70 Å². The van der Waals surface area contributed by atoms with Crippen LogP contribution in [0, 0.1) is 26.1 Å². The number of nitrogens with zero attached hydrogens (tertiary/aromatic N) is 3. The molecule has 2 amide bonds. The number of carbonyl (C=O) groups is 3. The van der Waals surface area contributed by atoms with Crippen molar-refractivity contribution in [1.29, 1.82) is 0 Å². The van der Waals surface area contributed by atoms with E-state index in [1.165, 1.54) is 83.9 Å². The van der Waals surface area contributed by atoms with Gasteiger partial charge in [-0.15, -0.1) is 11.8 Å². The number of hydrogen-bond acceptors (Lipinski definition) is 12. The molecule has 2 N–H and O–H groups in total. The van der Waals surface area contributed by atoms with Gasteiger partial charge in [-0.05, 0) is 42.3 Å². The number of aliphatic hydroxyl groups is 1. The molecule has 1 saturated heterocycles. The Kier molecular flexibility index (Phi) is 9.70. The maximum atomic E-state index is 13.1. The number of ether oxygens (including phenoxy) is 2. The fourth-order valence-electron chi connectivity index (χ4n) is 4.12. The Balaban J connectivity index is 1.35. The van der Waals surface area contributed by atoms with Crippen LogP contribution in [-0.4, -0.2) is 61.1 Å². The Bertz CT molecular complexity index is 1420. The van der Waals surface area contributed by atoms with Crippen LogP contribution in [0.15, 0.2) is 58.5 Å². The van der Waals surface area contributed by atoms with Crippen LogP contribution in [-0.2, 0) is 32.3 Å². The van der Waals surface area contributed by atoms with Crippen LogP contribution >= 0.6 is 23.5 Å². The van der Waals surface area contributed by atoms with Gasteiger partial charge in [-0.2, -0.15) is 0 Å². The molecule has 2 aliphatic rings. The molecule has 0 bridgehead atoms. The van der Waals surface area contributed by atoms with Gasteiger partial charge in [0.25, 0.3) is 11.4 Å². The van der Waals surface area contributed by atoms with E-state index in [4.69, 9.17) is 9.47 Å². The van der Waals surface area contributed by atoms with Gasteiger partial charge in [-0.1, -0.05) is 18.7 Å². The number of non-ortho nitro benzene ring substituents is 2. The van der Waals surface area contributed by atoms with E-state index in [1.54, 1.807) is 6.92 Å². The number of esters is 1. The molecule has 0 saturated carbocycles. The Morgan fingerprint density at radius 2 is 1.52 bits per heavy atom. The number of aliphatic hydroxyl groups excluding tert-OH is 1. The summed E-state index contributed by atoms with van der Waals surface area (Å²) >= 11 is 2.51. The minimum absolute atomic E-state index is 0.0476. The Morgan fingerprint density at radius 3 is 2.02 bits per heavy atom. The number of rotatable bonds is 12. The molecule has 0 aliphatic carbocycles. The molecule has 16 heteroatoms. The monoisotopic (exact) mass is 618 g/mol. The van der Waals surface area contributed by atoms with E-state index < -0.39 is 45.2 Å². The predicted molar refractivity (Wildman–Crippen MR) is 152 cm³/mol. The number of alkyl carbamates (subject to hydrolysis) is 1. The number of nitro groups is 2. The third-order valence-corrected chi connectivity index (χ3v) is 9.04. The summed E-state index contributed by atoms with van der Waals surface area (Å²) in [4.78, 5) is 60.0. The van der Waals surface area contributed by atoms with E-state index in [0.717, 1.165) is 0 Å². The lowest BCUT2D eigenvalue weighted by molar-refractivity contribution is -0.385. The Morgan fingerprint density at radius 1 is 1.00 bits per heavy atom. The summed E-state index contributed by atoms with van der Waals surface area (Å²) in [6.45, 7) is 3.20. The second-order valence-electron chi connectivity index (χ2n) is 9.43. The third kappa shape index (κ3) is 7.00. The normalized spacial score (nSPS) is 18.9. The van der Waals surface area contributed by atoms with Crippen LogP contribution in [0.1, 0.15) is 25.0 Å². The molecule has 0 radical (unpaired) electrons. The van der Waals surface area contributed by atoms with Gasteiger partial charge in [0.05, 0.1) is 26.1 Å². The Hall–Kier alpha value is -4.15. The SMILES string of the molecule is C[C@H](CNC(=O)OCc1ccc([N+](=O)[O-])cc1)SC1=C(C(=O)OCc2ccc([N+](=O)[O-])cc2)N2C(=O)[C@H]([C@@H](C)O)[C@H]2S1. The lowest BCUT2D eigenvalue weighted by Crippen LogP contribution is -2.60. The van der Waals surface area contributed by atoms with Gasteiger partial charge in [-0.3, -0.25) is 29.9 Å².